The lowest BCUT2D eigenvalue weighted by Crippen LogP contribution is -2.22. The molecule has 0 aromatic carbocycles. The number of rotatable bonds is 4. The largest absolute Gasteiger partial charge is 0.387 e. The van der Waals surface area contributed by atoms with E-state index in [2.05, 4.69) is 46.4 Å². The molecule has 1 atom stereocenters. The lowest BCUT2D eigenvalue weighted by Gasteiger charge is -2.14. The first-order valence-corrected chi connectivity index (χ1v) is 8.21. The highest BCUT2D eigenvalue weighted by Gasteiger charge is 2.11. The van der Waals surface area contributed by atoms with Crippen LogP contribution in [0.2, 0.25) is 0 Å². The molecule has 118 valence electrons. The molecule has 3 rings (SSSR count). The van der Waals surface area contributed by atoms with Gasteiger partial charge in [0.1, 0.15) is 5.84 Å². The Morgan fingerprint density at radius 2 is 2.30 bits per heavy atom. The van der Waals surface area contributed by atoms with Crippen LogP contribution in [0, 0.1) is 5.92 Å². The Hall–Kier alpha value is -2.42. The molecule has 0 saturated heterocycles. The van der Waals surface area contributed by atoms with E-state index in [1.54, 1.807) is 0 Å². The van der Waals surface area contributed by atoms with Crippen LogP contribution < -0.4 is 5.73 Å². The Kier molecular flexibility index (Phi) is 4.86. The minimum Gasteiger partial charge on any atom is -0.387 e. The fraction of sp³-hybridized carbons (Fsp3) is 0.300. The molecule has 0 radical (unpaired) electrons. The van der Waals surface area contributed by atoms with Crippen molar-refractivity contribution in [2.24, 2.45) is 16.6 Å². The van der Waals surface area contributed by atoms with E-state index in [9.17, 15) is 0 Å². The lowest BCUT2D eigenvalue weighted by molar-refractivity contribution is 0.855. The van der Waals surface area contributed by atoms with E-state index in [0.29, 0.717) is 5.84 Å². The van der Waals surface area contributed by atoms with Crippen molar-refractivity contribution in [3.63, 3.8) is 0 Å². The highest BCUT2D eigenvalue weighted by molar-refractivity contribution is 5.85. The van der Waals surface area contributed by atoms with Gasteiger partial charge in [-0.3, -0.25) is 4.98 Å². The normalized spacial score (nSPS) is 20.7. The predicted molar refractivity (Wildman–Crippen MR) is 97.1 cm³/mol. The van der Waals surface area contributed by atoms with Crippen LogP contribution in [0.1, 0.15) is 36.6 Å². The minimum atomic E-state index is 0.224. The zero-order valence-corrected chi connectivity index (χ0v) is 13.6. The highest BCUT2D eigenvalue weighted by Crippen LogP contribution is 2.22. The molecule has 3 nitrogen and oxygen atoms in total. The molecule has 23 heavy (non-hydrogen) atoms. The van der Waals surface area contributed by atoms with Gasteiger partial charge in [-0.2, -0.15) is 0 Å². The van der Waals surface area contributed by atoms with E-state index in [-0.39, 0.29) is 5.92 Å². The molecule has 0 amide bonds. The van der Waals surface area contributed by atoms with Gasteiger partial charge in [0, 0.05) is 17.8 Å². The second kappa shape index (κ2) is 7.23. The molecule has 1 aromatic heterocycles. The highest BCUT2D eigenvalue weighted by atomic mass is 14.9. The average molecular weight is 305 g/mol. The van der Waals surface area contributed by atoms with Gasteiger partial charge in [-0.15, -0.1) is 0 Å². The number of pyridine rings is 1. The molecular weight excluding hydrogens is 282 g/mol. The van der Waals surface area contributed by atoms with Crippen LogP contribution in [0.5, 0.6) is 0 Å². The topological polar surface area (TPSA) is 51.3 Å². The maximum atomic E-state index is 6.13. The Morgan fingerprint density at radius 1 is 1.39 bits per heavy atom. The molecule has 2 N–H and O–H groups in total. The fourth-order valence-electron chi connectivity index (χ4n) is 2.99. The molecule has 0 spiro atoms. The second-order valence-corrected chi connectivity index (χ2v) is 6.02. The van der Waals surface area contributed by atoms with Crippen molar-refractivity contribution in [1.82, 2.24) is 4.98 Å². The van der Waals surface area contributed by atoms with Gasteiger partial charge in [-0.1, -0.05) is 36.5 Å². The number of aliphatic imine (C=N–C) groups is 1. The SMILES string of the molecule is C/C(=C/Cc1ccnc2c1CCC=C2)N=C(N)C1C=CC=CC1. The monoisotopic (exact) mass is 305 g/mol. The summed E-state index contributed by atoms with van der Waals surface area (Å²) in [5, 5.41) is 0. The smallest absolute Gasteiger partial charge is 0.106 e. The van der Waals surface area contributed by atoms with E-state index >= 15 is 0 Å². The maximum absolute atomic E-state index is 6.13. The van der Waals surface area contributed by atoms with E-state index in [4.69, 9.17) is 5.73 Å². The number of allylic oxidation sites excluding steroid dienone is 6. The Bertz CT molecular complexity index is 720. The first-order valence-electron chi connectivity index (χ1n) is 8.21. The summed E-state index contributed by atoms with van der Waals surface area (Å²) >= 11 is 0. The van der Waals surface area contributed by atoms with Gasteiger partial charge < -0.3 is 5.73 Å². The summed E-state index contributed by atoms with van der Waals surface area (Å²) in [6, 6.07) is 2.11. The lowest BCUT2D eigenvalue weighted by atomic mass is 9.95. The van der Waals surface area contributed by atoms with Gasteiger partial charge in [-0.25, -0.2) is 4.99 Å². The summed E-state index contributed by atoms with van der Waals surface area (Å²) in [6.07, 6.45) is 20.7. The maximum Gasteiger partial charge on any atom is 0.106 e. The van der Waals surface area contributed by atoms with Crippen LogP contribution in [0.25, 0.3) is 6.08 Å². The molecule has 0 saturated carbocycles. The number of nitrogens with two attached hydrogens (primary N) is 1. The fourth-order valence-corrected chi connectivity index (χ4v) is 2.99. The quantitative estimate of drug-likeness (QED) is 0.676. The number of amidine groups is 1. The minimum absolute atomic E-state index is 0.224. The molecular formula is C20H23N3. The van der Waals surface area contributed by atoms with E-state index in [1.165, 1.54) is 11.1 Å². The molecule has 2 aliphatic carbocycles. The molecule has 2 aliphatic rings. The summed E-state index contributed by atoms with van der Waals surface area (Å²) < 4.78 is 0. The zero-order valence-electron chi connectivity index (χ0n) is 13.6. The second-order valence-electron chi connectivity index (χ2n) is 6.02. The van der Waals surface area contributed by atoms with Crippen molar-refractivity contribution < 1.29 is 0 Å². The van der Waals surface area contributed by atoms with Crippen molar-refractivity contribution in [3.05, 3.63) is 71.2 Å². The van der Waals surface area contributed by atoms with Crippen molar-refractivity contribution in [2.75, 3.05) is 0 Å². The predicted octanol–water partition coefficient (Wildman–Crippen LogP) is 3.98. The van der Waals surface area contributed by atoms with E-state index in [1.807, 2.05) is 25.3 Å². The van der Waals surface area contributed by atoms with Crippen LogP contribution >= 0.6 is 0 Å². The van der Waals surface area contributed by atoms with Crippen LogP contribution in [0.4, 0.5) is 0 Å². The first kappa shape index (κ1) is 15.5. The third kappa shape index (κ3) is 3.86. The van der Waals surface area contributed by atoms with E-state index < -0.39 is 0 Å². The van der Waals surface area contributed by atoms with Crippen LogP contribution in [0.15, 0.2) is 59.4 Å². The van der Waals surface area contributed by atoms with Crippen molar-refractivity contribution >= 4 is 11.9 Å². The summed E-state index contributed by atoms with van der Waals surface area (Å²) in [5.41, 5.74) is 10.9. The molecule has 1 heterocycles. The van der Waals surface area contributed by atoms with Gasteiger partial charge in [-0.05, 0) is 55.9 Å². The first-order chi connectivity index (χ1) is 11.2. The molecule has 0 aliphatic heterocycles. The molecule has 1 unspecified atom stereocenters. The Labute approximate surface area is 138 Å². The Morgan fingerprint density at radius 3 is 3.13 bits per heavy atom. The number of fused-ring (bicyclic) bond motifs is 1. The Balaban J connectivity index is 1.71. The van der Waals surface area contributed by atoms with Gasteiger partial charge in [0.05, 0.1) is 5.69 Å². The summed E-state index contributed by atoms with van der Waals surface area (Å²) in [5.74, 6) is 0.918. The van der Waals surface area contributed by atoms with Gasteiger partial charge in [0.25, 0.3) is 0 Å². The van der Waals surface area contributed by atoms with Gasteiger partial charge in [0.15, 0.2) is 0 Å². The van der Waals surface area contributed by atoms with Crippen molar-refractivity contribution in [2.45, 2.75) is 32.6 Å². The zero-order chi connectivity index (χ0) is 16.1. The number of nitrogens with zero attached hydrogens (tertiary/aromatic N) is 2. The molecule has 0 bridgehead atoms. The molecule has 0 fully saturated rings. The van der Waals surface area contributed by atoms with Crippen LogP contribution in [0.3, 0.4) is 0 Å². The number of hydrogen-bond acceptors (Lipinski definition) is 2. The van der Waals surface area contributed by atoms with Crippen LogP contribution in [-0.4, -0.2) is 10.8 Å². The third-order valence-corrected chi connectivity index (χ3v) is 4.31. The number of hydrogen-bond donors (Lipinski definition) is 1. The van der Waals surface area contributed by atoms with Gasteiger partial charge in [0.2, 0.25) is 0 Å². The molecule has 1 aromatic rings. The van der Waals surface area contributed by atoms with Gasteiger partial charge >= 0.3 is 0 Å². The molecule has 3 heteroatoms. The summed E-state index contributed by atoms with van der Waals surface area (Å²) in [4.78, 5) is 9.02. The number of aromatic nitrogens is 1. The average Bonchev–Trinajstić information content (AvgIpc) is 2.60. The standard InChI is InChI=1S/C20H23N3/c1-15(23-20(21)17-7-3-2-4-8-17)11-12-16-13-14-22-19-10-6-5-9-18(16)19/h2-4,6-7,10-11,13-14,17H,5,8-9,12H2,1H3,(H2,21,23)/b15-11-. The van der Waals surface area contributed by atoms with Crippen molar-refractivity contribution in [1.29, 1.82) is 0 Å². The summed E-state index contributed by atoms with van der Waals surface area (Å²) in [6.45, 7) is 2.02. The van der Waals surface area contributed by atoms with Crippen molar-refractivity contribution in [3.8, 4) is 0 Å². The van der Waals surface area contributed by atoms with Crippen LogP contribution in [-0.2, 0) is 12.8 Å². The third-order valence-electron chi connectivity index (χ3n) is 4.31. The van der Waals surface area contributed by atoms with E-state index in [0.717, 1.165) is 37.1 Å². The summed E-state index contributed by atoms with van der Waals surface area (Å²) in [7, 11) is 0.